The topological polar surface area (TPSA) is 46.1 Å². The number of nitrogens with one attached hydrogen (secondary N) is 1. The van der Waals surface area contributed by atoms with Crippen LogP contribution in [-0.4, -0.2) is 51.8 Å². The number of guanidine groups is 1. The maximum Gasteiger partial charge on any atom is 0.193 e. The van der Waals surface area contributed by atoms with Gasteiger partial charge in [-0.15, -0.1) is 24.0 Å². The third-order valence-corrected chi connectivity index (χ3v) is 3.91. The Morgan fingerprint density at radius 3 is 2.27 bits per heavy atom. The predicted octanol–water partition coefficient (Wildman–Crippen LogP) is 3.58. The van der Waals surface area contributed by atoms with E-state index in [9.17, 15) is 0 Å². The summed E-state index contributed by atoms with van der Waals surface area (Å²) in [4.78, 5) is 6.38. The molecule has 0 aliphatic rings. The van der Waals surface area contributed by atoms with Crippen LogP contribution in [-0.2, 0) is 4.74 Å². The highest BCUT2D eigenvalue weighted by atomic mass is 127. The van der Waals surface area contributed by atoms with Gasteiger partial charge in [-0.25, -0.2) is 0 Å². The first kappa shape index (κ1) is 22.2. The standard InChI is InChI=1S/C20H27N3O2.HI/c1-21-20(22-16-19(24-3)17-10-6-4-7-11-17)23(2)14-15-25-18-12-8-5-9-13-18;/h4-13,19H,14-16H2,1-3H3,(H,21,22);1H. The first-order valence-corrected chi connectivity index (χ1v) is 8.42. The van der Waals surface area contributed by atoms with Gasteiger partial charge in [0.05, 0.1) is 12.6 Å². The highest BCUT2D eigenvalue weighted by Crippen LogP contribution is 2.15. The second-order valence-corrected chi connectivity index (χ2v) is 5.65. The van der Waals surface area contributed by atoms with E-state index >= 15 is 0 Å². The third kappa shape index (κ3) is 7.21. The van der Waals surface area contributed by atoms with Crippen LogP contribution in [0.5, 0.6) is 5.75 Å². The summed E-state index contributed by atoms with van der Waals surface area (Å²) in [6.07, 6.45) is -0.0214. The predicted molar refractivity (Wildman–Crippen MR) is 118 cm³/mol. The molecule has 0 heterocycles. The summed E-state index contributed by atoms with van der Waals surface area (Å²) in [5.41, 5.74) is 1.14. The fourth-order valence-corrected chi connectivity index (χ4v) is 2.50. The van der Waals surface area contributed by atoms with Crippen molar-refractivity contribution in [2.75, 3.05) is 40.9 Å². The van der Waals surface area contributed by atoms with Gasteiger partial charge in [-0.3, -0.25) is 4.99 Å². The number of rotatable bonds is 8. The molecule has 1 atom stereocenters. The molecular formula is C20H28IN3O2. The lowest BCUT2D eigenvalue weighted by Gasteiger charge is -2.24. The van der Waals surface area contributed by atoms with Crippen LogP contribution in [0.25, 0.3) is 0 Å². The van der Waals surface area contributed by atoms with Crippen LogP contribution in [0.2, 0.25) is 0 Å². The van der Waals surface area contributed by atoms with Gasteiger partial charge in [0, 0.05) is 27.7 Å². The zero-order valence-electron chi connectivity index (χ0n) is 15.6. The summed E-state index contributed by atoms with van der Waals surface area (Å²) in [5.74, 6) is 1.69. The first-order chi connectivity index (χ1) is 12.2. The summed E-state index contributed by atoms with van der Waals surface area (Å²) in [5, 5.41) is 3.36. The Labute approximate surface area is 173 Å². The minimum atomic E-state index is -0.0214. The summed E-state index contributed by atoms with van der Waals surface area (Å²) < 4.78 is 11.3. The van der Waals surface area contributed by atoms with Crippen molar-refractivity contribution in [1.82, 2.24) is 10.2 Å². The third-order valence-electron chi connectivity index (χ3n) is 3.91. The molecule has 2 rings (SSSR count). The second kappa shape index (κ2) is 12.5. The van der Waals surface area contributed by atoms with Crippen molar-refractivity contribution in [1.29, 1.82) is 0 Å². The molecule has 0 aliphatic carbocycles. The van der Waals surface area contributed by atoms with Gasteiger partial charge in [0.1, 0.15) is 12.4 Å². The van der Waals surface area contributed by atoms with Gasteiger partial charge < -0.3 is 19.7 Å². The average Bonchev–Trinajstić information content (AvgIpc) is 2.67. The Kier molecular flexibility index (Phi) is 10.7. The fourth-order valence-electron chi connectivity index (χ4n) is 2.50. The van der Waals surface area contributed by atoms with Crippen molar-refractivity contribution in [3.05, 3.63) is 66.2 Å². The smallest absolute Gasteiger partial charge is 0.193 e. The van der Waals surface area contributed by atoms with Crippen LogP contribution in [0.15, 0.2) is 65.7 Å². The maximum atomic E-state index is 5.74. The lowest BCUT2D eigenvalue weighted by molar-refractivity contribution is 0.106. The molecule has 1 unspecified atom stereocenters. The highest BCUT2D eigenvalue weighted by molar-refractivity contribution is 14.0. The first-order valence-electron chi connectivity index (χ1n) is 8.42. The van der Waals surface area contributed by atoms with E-state index in [-0.39, 0.29) is 30.1 Å². The van der Waals surface area contributed by atoms with E-state index in [2.05, 4.69) is 22.4 Å². The van der Waals surface area contributed by atoms with Crippen LogP contribution in [0, 0.1) is 0 Å². The zero-order valence-corrected chi connectivity index (χ0v) is 17.9. The molecule has 26 heavy (non-hydrogen) atoms. The van der Waals surface area contributed by atoms with Crippen LogP contribution in [0.1, 0.15) is 11.7 Å². The van der Waals surface area contributed by atoms with E-state index in [1.165, 1.54) is 0 Å². The molecule has 142 valence electrons. The van der Waals surface area contributed by atoms with Crippen LogP contribution in [0.3, 0.4) is 0 Å². The Balaban J connectivity index is 0.00000338. The molecule has 0 aromatic heterocycles. The number of para-hydroxylation sites is 1. The van der Waals surface area contributed by atoms with Gasteiger partial charge in [-0.05, 0) is 17.7 Å². The molecular weight excluding hydrogens is 441 g/mol. The SMILES string of the molecule is CN=C(NCC(OC)c1ccccc1)N(C)CCOc1ccccc1.I. The Hall–Kier alpha value is -1.80. The fraction of sp³-hybridized carbons (Fsp3) is 0.350. The van der Waals surface area contributed by atoms with Gasteiger partial charge in [-0.2, -0.15) is 0 Å². The Morgan fingerprint density at radius 2 is 1.69 bits per heavy atom. The normalized spacial score (nSPS) is 12.0. The van der Waals surface area contributed by atoms with E-state index in [0.717, 1.165) is 23.8 Å². The van der Waals surface area contributed by atoms with Crippen LogP contribution in [0.4, 0.5) is 0 Å². The van der Waals surface area contributed by atoms with Crippen molar-refractivity contribution >= 4 is 29.9 Å². The molecule has 0 saturated heterocycles. The van der Waals surface area contributed by atoms with Crippen LogP contribution >= 0.6 is 24.0 Å². The molecule has 0 aliphatic heterocycles. The number of aliphatic imine (C=N–C) groups is 1. The highest BCUT2D eigenvalue weighted by Gasteiger charge is 2.12. The van der Waals surface area contributed by atoms with Gasteiger partial charge in [0.25, 0.3) is 0 Å². The van der Waals surface area contributed by atoms with Crippen molar-refractivity contribution < 1.29 is 9.47 Å². The van der Waals surface area contributed by atoms with Crippen LogP contribution < -0.4 is 10.1 Å². The number of halogens is 1. The number of nitrogens with zero attached hydrogens (tertiary/aromatic N) is 2. The lowest BCUT2D eigenvalue weighted by Crippen LogP contribution is -2.42. The molecule has 6 heteroatoms. The summed E-state index contributed by atoms with van der Waals surface area (Å²) in [6.45, 7) is 1.97. The van der Waals surface area contributed by atoms with E-state index in [4.69, 9.17) is 9.47 Å². The molecule has 0 spiro atoms. The van der Waals surface area contributed by atoms with Crippen molar-refractivity contribution in [3.8, 4) is 5.75 Å². The van der Waals surface area contributed by atoms with Gasteiger partial charge >= 0.3 is 0 Å². The molecule has 0 radical (unpaired) electrons. The number of hydrogen-bond acceptors (Lipinski definition) is 3. The lowest BCUT2D eigenvalue weighted by atomic mass is 10.1. The van der Waals surface area contributed by atoms with Gasteiger partial charge in [0.15, 0.2) is 5.96 Å². The number of likely N-dealkylation sites (N-methyl/N-ethyl adjacent to an activating group) is 1. The summed E-state index contributed by atoms with van der Waals surface area (Å²) in [6, 6.07) is 20.0. The molecule has 0 saturated carbocycles. The van der Waals surface area contributed by atoms with Crippen molar-refractivity contribution in [2.45, 2.75) is 6.10 Å². The number of methoxy groups -OCH3 is 1. The summed E-state index contributed by atoms with van der Waals surface area (Å²) in [7, 11) is 5.49. The van der Waals surface area contributed by atoms with E-state index in [1.54, 1.807) is 14.2 Å². The van der Waals surface area contributed by atoms with Gasteiger partial charge in [-0.1, -0.05) is 48.5 Å². The average molecular weight is 469 g/mol. The van der Waals surface area contributed by atoms with E-state index in [0.29, 0.717) is 13.2 Å². The van der Waals surface area contributed by atoms with Crippen molar-refractivity contribution in [3.63, 3.8) is 0 Å². The molecule has 0 amide bonds. The number of ether oxygens (including phenoxy) is 2. The molecule has 0 bridgehead atoms. The zero-order chi connectivity index (χ0) is 17.9. The largest absolute Gasteiger partial charge is 0.492 e. The molecule has 1 N–H and O–H groups in total. The molecule has 2 aromatic rings. The molecule has 5 nitrogen and oxygen atoms in total. The van der Waals surface area contributed by atoms with E-state index in [1.807, 2.05) is 60.5 Å². The Morgan fingerprint density at radius 1 is 1.08 bits per heavy atom. The monoisotopic (exact) mass is 469 g/mol. The quantitative estimate of drug-likeness (QED) is 0.365. The number of benzene rings is 2. The summed E-state index contributed by atoms with van der Waals surface area (Å²) >= 11 is 0. The Bertz CT molecular complexity index is 638. The van der Waals surface area contributed by atoms with Gasteiger partial charge in [0.2, 0.25) is 0 Å². The second-order valence-electron chi connectivity index (χ2n) is 5.65. The maximum absolute atomic E-state index is 5.74. The van der Waals surface area contributed by atoms with Crippen molar-refractivity contribution in [2.24, 2.45) is 4.99 Å². The molecule has 0 fully saturated rings. The minimum absolute atomic E-state index is 0. The molecule has 2 aromatic carbocycles. The van der Waals surface area contributed by atoms with E-state index < -0.39 is 0 Å². The minimum Gasteiger partial charge on any atom is -0.492 e. The number of hydrogen-bond donors (Lipinski definition) is 1.